The molecule has 0 saturated heterocycles. The summed E-state index contributed by atoms with van der Waals surface area (Å²) in [6.07, 6.45) is 1.11. The van der Waals surface area contributed by atoms with E-state index in [9.17, 15) is 14.0 Å². The molecular weight excluding hydrogens is 505 g/mol. The SMILES string of the molecule is CC(N)(Cc1ccccc1)c1ccc(N/C(=C2\C(=O)Nc3cc(F)ccc32)c2ccc(CCC(=O)O)cc2)cc1. The van der Waals surface area contributed by atoms with Gasteiger partial charge in [0.1, 0.15) is 5.82 Å². The van der Waals surface area contributed by atoms with Crippen molar-refractivity contribution < 1.29 is 19.1 Å². The summed E-state index contributed by atoms with van der Waals surface area (Å²) in [4.78, 5) is 24.1. The molecule has 0 aromatic heterocycles. The van der Waals surface area contributed by atoms with Crippen LogP contribution in [0, 0.1) is 5.82 Å². The topological polar surface area (TPSA) is 104 Å². The van der Waals surface area contributed by atoms with Crippen LogP contribution in [0.1, 0.15) is 41.2 Å². The Hall–Kier alpha value is -4.75. The van der Waals surface area contributed by atoms with Crippen LogP contribution in [-0.2, 0) is 28.0 Å². The molecule has 5 rings (SSSR count). The highest BCUT2D eigenvalue weighted by Crippen LogP contribution is 2.38. The molecule has 7 heteroatoms. The first-order chi connectivity index (χ1) is 19.2. The summed E-state index contributed by atoms with van der Waals surface area (Å²) in [5.74, 6) is -1.64. The van der Waals surface area contributed by atoms with E-state index in [0.29, 0.717) is 35.4 Å². The molecule has 4 aromatic carbocycles. The van der Waals surface area contributed by atoms with E-state index in [0.717, 1.165) is 27.9 Å². The molecule has 1 aliphatic rings. The number of nitrogens with one attached hydrogen (secondary N) is 2. The summed E-state index contributed by atoms with van der Waals surface area (Å²) in [5.41, 5.74) is 12.6. The average molecular weight is 536 g/mol. The van der Waals surface area contributed by atoms with Gasteiger partial charge in [0.05, 0.1) is 17.0 Å². The number of benzene rings is 4. The van der Waals surface area contributed by atoms with Gasteiger partial charge in [0.2, 0.25) is 0 Å². The van der Waals surface area contributed by atoms with Crippen molar-refractivity contribution in [3.05, 3.63) is 131 Å². The fourth-order valence-electron chi connectivity index (χ4n) is 4.96. The molecule has 4 aromatic rings. The molecule has 6 nitrogen and oxygen atoms in total. The highest BCUT2D eigenvalue weighted by molar-refractivity contribution is 6.37. The highest BCUT2D eigenvalue weighted by Gasteiger charge is 2.29. The first kappa shape index (κ1) is 26.8. The van der Waals surface area contributed by atoms with Gasteiger partial charge in [0.25, 0.3) is 5.91 Å². The zero-order valence-electron chi connectivity index (χ0n) is 22.1. The normalized spacial score (nSPS) is 15.1. The van der Waals surface area contributed by atoms with Crippen molar-refractivity contribution in [2.24, 2.45) is 5.73 Å². The van der Waals surface area contributed by atoms with Crippen LogP contribution >= 0.6 is 0 Å². The van der Waals surface area contributed by atoms with Gasteiger partial charge < -0.3 is 21.5 Å². The van der Waals surface area contributed by atoms with Crippen molar-refractivity contribution in [2.45, 2.75) is 31.7 Å². The minimum absolute atomic E-state index is 0.0313. The van der Waals surface area contributed by atoms with Crippen LogP contribution in [0.5, 0.6) is 0 Å². The molecule has 5 N–H and O–H groups in total. The van der Waals surface area contributed by atoms with Gasteiger partial charge in [-0.25, -0.2) is 4.39 Å². The summed E-state index contributed by atoms with van der Waals surface area (Å²) in [6.45, 7) is 2.00. The van der Waals surface area contributed by atoms with Crippen molar-refractivity contribution in [1.29, 1.82) is 0 Å². The van der Waals surface area contributed by atoms with Crippen LogP contribution in [0.15, 0.2) is 97.1 Å². The third-order valence-electron chi connectivity index (χ3n) is 7.07. The molecule has 0 bridgehead atoms. The molecule has 1 aliphatic heterocycles. The number of carboxylic acid groups (broad SMARTS) is 1. The summed E-state index contributed by atoms with van der Waals surface area (Å²) >= 11 is 0. The Balaban J connectivity index is 1.48. The molecule has 1 amide bonds. The van der Waals surface area contributed by atoms with Gasteiger partial charge in [0, 0.05) is 23.2 Å². The van der Waals surface area contributed by atoms with Gasteiger partial charge in [-0.3, -0.25) is 9.59 Å². The number of aryl methyl sites for hydroxylation is 1. The maximum Gasteiger partial charge on any atom is 0.303 e. The maximum absolute atomic E-state index is 13.9. The van der Waals surface area contributed by atoms with E-state index in [1.165, 1.54) is 12.1 Å². The van der Waals surface area contributed by atoms with E-state index in [2.05, 4.69) is 22.8 Å². The van der Waals surface area contributed by atoms with Crippen LogP contribution in [0.3, 0.4) is 0 Å². The lowest BCUT2D eigenvalue weighted by molar-refractivity contribution is -0.137. The smallest absolute Gasteiger partial charge is 0.303 e. The van der Waals surface area contributed by atoms with Crippen LogP contribution in [0.4, 0.5) is 15.8 Å². The summed E-state index contributed by atoms with van der Waals surface area (Å²) in [7, 11) is 0. The lowest BCUT2D eigenvalue weighted by atomic mass is 9.86. The van der Waals surface area contributed by atoms with E-state index >= 15 is 0 Å². The second kappa shape index (κ2) is 11.2. The number of aliphatic carboxylic acids is 1. The van der Waals surface area contributed by atoms with Gasteiger partial charge in [-0.05, 0) is 72.4 Å². The molecular formula is C33H30FN3O3. The Morgan fingerprint density at radius 1 is 0.950 bits per heavy atom. The van der Waals surface area contributed by atoms with E-state index in [4.69, 9.17) is 10.8 Å². The summed E-state index contributed by atoms with van der Waals surface area (Å²) in [5, 5.41) is 15.2. The Kier molecular flexibility index (Phi) is 7.49. The second-order valence-corrected chi connectivity index (χ2v) is 10.3. The Morgan fingerprint density at radius 2 is 1.65 bits per heavy atom. The van der Waals surface area contributed by atoms with Crippen LogP contribution in [0.25, 0.3) is 11.3 Å². The van der Waals surface area contributed by atoms with Crippen molar-refractivity contribution in [1.82, 2.24) is 0 Å². The predicted molar refractivity (Wildman–Crippen MR) is 156 cm³/mol. The molecule has 0 radical (unpaired) electrons. The van der Waals surface area contributed by atoms with E-state index in [-0.39, 0.29) is 12.3 Å². The van der Waals surface area contributed by atoms with E-state index in [1.54, 1.807) is 6.07 Å². The quantitative estimate of drug-likeness (QED) is 0.191. The Bertz CT molecular complexity index is 1580. The largest absolute Gasteiger partial charge is 0.481 e. The Morgan fingerprint density at radius 3 is 2.33 bits per heavy atom. The monoisotopic (exact) mass is 535 g/mol. The fourth-order valence-corrected chi connectivity index (χ4v) is 4.96. The third kappa shape index (κ3) is 5.95. The van der Waals surface area contributed by atoms with Gasteiger partial charge in [-0.15, -0.1) is 0 Å². The number of carbonyl (C=O) groups excluding carboxylic acids is 1. The number of hydrogen-bond acceptors (Lipinski definition) is 4. The average Bonchev–Trinajstić information content (AvgIpc) is 3.26. The van der Waals surface area contributed by atoms with Gasteiger partial charge >= 0.3 is 5.97 Å². The zero-order valence-corrected chi connectivity index (χ0v) is 22.1. The van der Waals surface area contributed by atoms with Crippen molar-refractivity contribution in [3.8, 4) is 0 Å². The molecule has 202 valence electrons. The van der Waals surface area contributed by atoms with E-state index < -0.39 is 17.3 Å². The lowest BCUT2D eigenvalue weighted by Gasteiger charge is -2.26. The number of nitrogens with two attached hydrogens (primary N) is 1. The second-order valence-electron chi connectivity index (χ2n) is 10.3. The number of carbonyl (C=O) groups is 2. The molecule has 0 spiro atoms. The van der Waals surface area contributed by atoms with Crippen molar-refractivity contribution in [2.75, 3.05) is 10.6 Å². The summed E-state index contributed by atoms with van der Waals surface area (Å²) in [6, 6.07) is 29.5. The van der Waals surface area contributed by atoms with Crippen LogP contribution in [-0.4, -0.2) is 17.0 Å². The van der Waals surface area contributed by atoms with Crippen molar-refractivity contribution in [3.63, 3.8) is 0 Å². The summed E-state index contributed by atoms with van der Waals surface area (Å²) < 4.78 is 13.9. The Labute approximate surface area is 232 Å². The molecule has 0 aliphatic carbocycles. The van der Waals surface area contributed by atoms with Crippen LogP contribution in [0.2, 0.25) is 0 Å². The maximum atomic E-state index is 13.9. The molecule has 1 unspecified atom stereocenters. The number of rotatable bonds is 9. The lowest BCUT2D eigenvalue weighted by Crippen LogP contribution is -2.35. The minimum atomic E-state index is -0.860. The zero-order chi connectivity index (χ0) is 28.3. The van der Waals surface area contributed by atoms with Gasteiger partial charge in [-0.2, -0.15) is 0 Å². The first-order valence-electron chi connectivity index (χ1n) is 13.1. The van der Waals surface area contributed by atoms with E-state index in [1.807, 2.05) is 73.7 Å². The molecule has 40 heavy (non-hydrogen) atoms. The third-order valence-corrected chi connectivity index (χ3v) is 7.07. The number of anilines is 2. The minimum Gasteiger partial charge on any atom is -0.481 e. The first-order valence-corrected chi connectivity index (χ1v) is 13.1. The van der Waals surface area contributed by atoms with Crippen LogP contribution < -0.4 is 16.4 Å². The van der Waals surface area contributed by atoms with Gasteiger partial charge in [0.15, 0.2) is 0 Å². The molecule has 0 saturated carbocycles. The number of hydrogen-bond donors (Lipinski definition) is 4. The fraction of sp³-hybridized carbons (Fsp3) is 0.152. The molecule has 1 heterocycles. The number of carboxylic acids is 1. The predicted octanol–water partition coefficient (Wildman–Crippen LogP) is 6.19. The molecule has 1 atom stereocenters. The number of halogens is 1. The van der Waals surface area contributed by atoms with Gasteiger partial charge in [-0.1, -0.05) is 66.7 Å². The number of fused-ring (bicyclic) bond motifs is 1. The number of amides is 1. The molecule has 0 fully saturated rings. The van der Waals surface area contributed by atoms with Crippen molar-refractivity contribution >= 4 is 34.5 Å². The highest BCUT2D eigenvalue weighted by atomic mass is 19.1. The standard InChI is InChI=1S/C33H30FN3O3/c1-33(35,20-22-5-3-2-4-6-22)24-12-15-26(16-13-24)36-31(23-10-7-21(8-11-23)9-18-29(38)39)30-27-17-14-25(34)19-28(27)37-32(30)40/h2-8,10-17,19,36H,9,18,20,35H2,1H3,(H,37,40)(H,38,39)/b31-30-.